The first-order chi connectivity index (χ1) is 8.86. The first-order valence-electron chi connectivity index (χ1n) is 5.95. The molecule has 4 nitrogen and oxygen atoms in total. The van der Waals surface area contributed by atoms with Crippen LogP contribution in [0.1, 0.15) is 11.8 Å². The van der Waals surface area contributed by atoms with Gasteiger partial charge in [-0.2, -0.15) is 0 Å². The lowest BCUT2D eigenvalue weighted by Gasteiger charge is -2.00. The fourth-order valence-electron chi connectivity index (χ4n) is 1.92. The zero-order chi connectivity index (χ0) is 12.4. The molecule has 0 aliphatic rings. The summed E-state index contributed by atoms with van der Waals surface area (Å²) in [5.41, 5.74) is 2.20. The maximum Gasteiger partial charge on any atom is 0.182 e. The monoisotopic (exact) mass is 258 g/mol. The molecular formula is C13H14N4S. The van der Waals surface area contributed by atoms with Gasteiger partial charge in [-0.05, 0) is 19.1 Å². The molecule has 3 rings (SSSR count). The molecule has 18 heavy (non-hydrogen) atoms. The lowest BCUT2D eigenvalue weighted by molar-refractivity contribution is 0.836. The standard InChI is InChI=1S/C13H14N4S/c1-2-14-13-15-7-10(18-13)8-17-9-16-11-5-3-4-6-12(11)17/h3-7,9H,2,8H2,1H3,(H,14,15). The average molecular weight is 258 g/mol. The molecule has 0 aliphatic heterocycles. The normalized spacial score (nSPS) is 10.9. The summed E-state index contributed by atoms with van der Waals surface area (Å²) in [6, 6.07) is 8.17. The van der Waals surface area contributed by atoms with Gasteiger partial charge in [-0.3, -0.25) is 0 Å². The van der Waals surface area contributed by atoms with E-state index in [0.717, 1.165) is 29.3 Å². The predicted octanol–water partition coefficient (Wildman–Crippen LogP) is 2.97. The molecule has 0 bridgehead atoms. The summed E-state index contributed by atoms with van der Waals surface area (Å²) in [4.78, 5) is 9.96. The van der Waals surface area contributed by atoms with Crippen LogP contribution in [0.4, 0.5) is 5.13 Å². The summed E-state index contributed by atoms with van der Waals surface area (Å²) in [6.45, 7) is 3.80. The highest BCUT2D eigenvalue weighted by atomic mass is 32.1. The molecule has 0 saturated heterocycles. The van der Waals surface area contributed by atoms with Crippen LogP contribution < -0.4 is 5.32 Å². The summed E-state index contributed by atoms with van der Waals surface area (Å²) < 4.78 is 2.15. The highest BCUT2D eigenvalue weighted by Crippen LogP contribution is 2.20. The first-order valence-corrected chi connectivity index (χ1v) is 6.77. The number of benzene rings is 1. The first kappa shape index (κ1) is 11.2. The van der Waals surface area contributed by atoms with Crippen LogP contribution in [0.5, 0.6) is 0 Å². The van der Waals surface area contributed by atoms with Gasteiger partial charge in [-0.1, -0.05) is 12.1 Å². The number of fused-ring (bicyclic) bond motifs is 1. The van der Waals surface area contributed by atoms with Crippen molar-refractivity contribution >= 4 is 27.5 Å². The molecule has 0 aliphatic carbocycles. The second-order valence-electron chi connectivity index (χ2n) is 4.02. The Morgan fingerprint density at radius 2 is 2.17 bits per heavy atom. The fourth-order valence-corrected chi connectivity index (χ4v) is 2.80. The summed E-state index contributed by atoms with van der Waals surface area (Å²) in [5.74, 6) is 0. The molecule has 0 unspecified atom stereocenters. The molecule has 3 aromatic rings. The van der Waals surface area contributed by atoms with Gasteiger partial charge in [0.1, 0.15) is 0 Å². The largest absolute Gasteiger partial charge is 0.362 e. The van der Waals surface area contributed by atoms with Gasteiger partial charge in [-0.25, -0.2) is 9.97 Å². The van der Waals surface area contributed by atoms with Crippen LogP contribution in [0.3, 0.4) is 0 Å². The minimum absolute atomic E-state index is 0.823. The molecule has 0 fully saturated rings. The fraction of sp³-hybridized carbons (Fsp3) is 0.231. The number of hydrogen-bond acceptors (Lipinski definition) is 4. The van der Waals surface area contributed by atoms with E-state index in [9.17, 15) is 0 Å². The average Bonchev–Trinajstić information content (AvgIpc) is 2.99. The Balaban J connectivity index is 1.87. The van der Waals surface area contributed by atoms with Gasteiger partial charge >= 0.3 is 0 Å². The van der Waals surface area contributed by atoms with Gasteiger partial charge in [0.25, 0.3) is 0 Å². The molecule has 2 heterocycles. The van der Waals surface area contributed by atoms with Crippen LogP contribution in [0.25, 0.3) is 11.0 Å². The van der Waals surface area contributed by atoms with Gasteiger partial charge in [0.2, 0.25) is 0 Å². The Labute approximate surface area is 109 Å². The summed E-state index contributed by atoms with van der Waals surface area (Å²) >= 11 is 1.69. The molecule has 1 N–H and O–H groups in total. The molecule has 0 spiro atoms. The molecule has 0 radical (unpaired) electrons. The highest BCUT2D eigenvalue weighted by Gasteiger charge is 2.05. The minimum Gasteiger partial charge on any atom is -0.362 e. The van der Waals surface area contributed by atoms with E-state index in [1.165, 1.54) is 4.88 Å². The molecule has 2 aromatic heterocycles. The van der Waals surface area contributed by atoms with Crippen molar-refractivity contribution < 1.29 is 0 Å². The molecular weight excluding hydrogens is 244 g/mol. The number of para-hydroxylation sites is 2. The number of aromatic nitrogens is 3. The Bertz CT molecular complexity index is 656. The SMILES string of the molecule is CCNc1ncc(Cn2cnc3ccccc32)s1. The van der Waals surface area contributed by atoms with E-state index >= 15 is 0 Å². The van der Waals surface area contributed by atoms with E-state index in [2.05, 4.69) is 32.8 Å². The van der Waals surface area contributed by atoms with Crippen molar-refractivity contribution in [3.63, 3.8) is 0 Å². The Morgan fingerprint density at radius 3 is 3.06 bits per heavy atom. The van der Waals surface area contributed by atoms with Crippen LogP contribution in [0, 0.1) is 0 Å². The second kappa shape index (κ2) is 4.78. The summed E-state index contributed by atoms with van der Waals surface area (Å²) in [7, 11) is 0. The molecule has 5 heteroatoms. The van der Waals surface area contributed by atoms with Gasteiger partial charge < -0.3 is 9.88 Å². The number of thiazole rings is 1. The quantitative estimate of drug-likeness (QED) is 0.782. The highest BCUT2D eigenvalue weighted by molar-refractivity contribution is 7.15. The molecule has 0 atom stereocenters. The molecule has 1 aromatic carbocycles. The number of imidazole rings is 1. The maximum absolute atomic E-state index is 4.39. The molecule has 92 valence electrons. The maximum atomic E-state index is 4.39. The smallest absolute Gasteiger partial charge is 0.182 e. The van der Waals surface area contributed by atoms with Crippen molar-refractivity contribution in [1.82, 2.24) is 14.5 Å². The Kier molecular flexibility index (Phi) is 2.98. The van der Waals surface area contributed by atoms with Crippen LogP contribution >= 0.6 is 11.3 Å². The molecule has 0 saturated carbocycles. The third kappa shape index (κ3) is 2.09. The number of rotatable bonds is 4. The number of nitrogens with one attached hydrogen (secondary N) is 1. The second-order valence-corrected chi connectivity index (χ2v) is 5.14. The third-order valence-corrected chi connectivity index (χ3v) is 3.67. The third-order valence-electron chi connectivity index (χ3n) is 2.74. The van der Waals surface area contributed by atoms with E-state index in [1.54, 1.807) is 11.3 Å². The van der Waals surface area contributed by atoms with E-state index in [0.29, 0.717) is 0 Å². The van der Waals surface area contributed by atoms with E-state index < -0.39 is 0 Å². The van der Waals surface area contributed by atoms with Crippen LogP contribution in [-0.2, 0) is 6.54 Å². The van der Waals surface area contributed by atoms with Crippen LogP contribution in [0.15, 0.2) is 36.8 Å². The molecule has 0 amide bonds. The Morgan fingerprint density at radius 1 is 1.28 bits per heavy atom. The van der Waals surface area contributed by atoms with Gasteiger partial charge in [0, 0.05) is 17.6 Å². The van der Waals surface area contributed by atoms with Gasteiger partial charge in [-0.15, -0.1) is 11.3 Å². The zero-order valence-corrected chi connectivity index (χ0v) is 10.9. The van der Waals surface area contributed by atoms with Crippen molar-refractivity contribution in [2.24, 2.45) is 0 Å². The Hall–Kier alpha value is -1.88. The van der Waals surface area contributed by atoms with Crippen molar-refractivity contribution in [2.45, 2.75) is 13.5 Å². The van der Waals surface area contributed by atoms with Gasteiger partial charge in [0.05, 0.1) is 23.9 Å². The topological polar surface area (TPSA) is 42.7 Å². The lowest BCUT2D eigenvalue weighted by Crippen LogP contribution is -1.95. The number of anilines is 1. The summed E-state index contributed by atoms with van der Waals surface area (Å²) in [5, 5.41) is 4.21. The number of nitrogens with zero attached hydrogens (tertiary/aromatic N) is 3. The van der Waals surface area contributed by atoms with E-state index in [-0.39, 0.29) is 0 Å². The van der Waals surface area contributed by atoms with E-state index in [1.807, 2.05) is 30.7 Å². The van der Waals surface area contributed by atoms with Gasteiger partial charge in [0.15, 0.2) is 5.13 Å². The van der Waals surface area contributed by atoms with Crippen molar-refractivity contribution in [2.75, 3.05) is 11.9 Å². The van der Waals surface area contributed by atoms with Crippen molar-refractivity contribution in [3.8, 4) is 0 Å². The van der Waals surface area contributed by atoms with E-state index in [4.69, 9.17) is 0 Å². The van der Waals surface area contributed by atoms with Crippen LogP contribution in [-0.4, -0.2) is 21.1 Å². The summed E-state index contributed by atoms with van der Waals surface area (Å²) in [6.07, 6.45) is 3.81. The predicted molar refractivity (Wildman–Crippen MR) is 75.1 cm³/mol. The number of hydrogen-bond donors (Lipinski definition) is 1. The van der Waals surface area contributed by atoms with Crippen LogP contribution in [0.2, 0.25) is 0 Å². The minimum atomic E-state index is 0.823. The van der Waals surface area contributed by atoms with Crippen molar-refractivity contribution in [1.29, 1.82) is 0 Å². The lowest BCUT2D eigenvalue weighted by atomic mass is 10.3. The zero-order valence-electron chi connectivity index (χ0n) is 10.1. The van der Waals surface area contributed by atoms with Crippen molar-refractivity contribution in [3.05, 3.63) is 41.7 Å².